The molecule has 4 rings (SSSR count). The fraction of sp³-hybridized carbons (Fsp3) is 0.800. The molecule has 2 saturated carbocycles. The van der Waals surface area contributed by atoms with Gasteiger partial charge in [0.05, 0.1) is 17.9 Å². The molecule has 0 saturated heterocycles. The molecule has 0 amide bonds. The smallest absolute Gasteiger partial charge is 0.101 e. The van der Waals surface area contributed by atoms with Crippen LogP contribution in [0.2, 0.25) is 0 Å². The van der Waals surface area contributed by atoms with E-state index in [1.165, 1.54) is 31.4 Å². The second kappa shape index (κ2) is 4.60. The van der Waals surface area contributed by atoms with Crippen molar-refractivity contribution >= 4 is 0 Å². The average molecular weight is 261 g/mol. The normalized spacial score (nSPS) is 26.6. The van der Waals surface area contributed by atoms with Crippen LogP contribution in [-0.2, 0) is 13.1 Å². The summed E-state index contributed by atoms with van der Waals surface area (Å²) in [5, 5.41) is 14.8. The van der Waals surface area contributed by atoms with Gasteiger partial charge in [-0.2, -0.15) is 5.10 Å². The zero-order valence-corrected chi connectivity index (χ0v) is 11.5. The average Bonchev–Trinajstić information content (AvgIpc) is 2.98. The summed E-state index contributed by atoms with van der Waals surface area (Å²) >= 11 is 0. The molecule has 1 atom stereocenters. The molecule has 19 heavy (non-hydrogen) atoms. The van der Waals surface area contributed by atoms with Crippen LogP contribution in [0, 0.1) is 5.92 Å². The molecule has 1 aliphatic heterocycles. The molecule has 4 heteroatoms. The summed E-state index contributed by atoms with van der Waals surface area (Å²) in [6, 6.07) is 2.94. The third-order valence-corrected chi connectivity index (χ3v) is 5.06. The van der Waals surface area contributed by atoms with Gasteiger partial charge in [-0.3, -0.25) is 9.58 Å². The molecule has 0 spiro atoms. The highest BCUT2D eigenvalue weighted by Gasteiger charge is 2.34. The number of aliphatic hydroxyl groups excluding tert-OH is 1. The van der Waals surface area contributed by atoms with Gasteiger partial charge in [-0.15, -0.1) is 0 Å². The van der Waals surface area contributed by atoms with E-state index in [4.69, 9.17) is 0 Å². The molecule has 2 fully saturated rings. The van der Waals surface area contributed by atoms with Crippen LogP contribution >= 0.6 is 0 Å². The highest BCUT2D eigenvalue weighted by atomic mass is 16.3. The van der Waals surface area contributed by atoms with E-state index in [0.717, 1.165) is 44.2 Å². The van der Waals surface area contributed by atoms with Crippen LogP contribution in [0.4, 0.5) is 0 Å². The molecule has 0 radical (unpaired) electrons. The molecule has 1 aromatic heterocycles. The summed E-state index contributed by atoms with van der Waals surface area (Å²) in [6.07, 6.45) is 7.53. The second-order valence-corrected chi connectivity index (χ2v) is 6.47. The number of nitrogens with zero attached hydrogens (tertiary/aromatic N) is 3. The van der Waals surface area contributed by atoms with Gasteiger partial charge in [0.2, 0.25) is 0 Å². The standard InChI is InChI=1S/C15H23N3O/c19-15(11-5-6-11)14-9-13-10-17(7-8-18(13)16-14)12-3-1-2-4-12/h9,11-12,15,19H,1-8,10H2/t15-/m0/s1. The largest absolute Gasteiger partial charge is 0.386 e. The molecule has 104 valence electrons. The zero-order chi connectivity index (χ0) is 12.8. The van der Waals surface area contributed by atoms with E-state index in [1.54, 1.807) is 0 Å². The van der Waals surface area contributed by atoms with E-state index in [9.17, 15) is 5.11 Å². The van der Waals surface area contributed by atoms with Crippen molar-refractivity contribution in [3.05, 3.63) is 17.5 Å². The molecule has 2 aliphatic carbocycles. The van der Waals surface area contributed by atoms with E-state index in [0.29, 0.717) is 5.92 Å². The first-order chi connectivity index (χ1) is 9.31. The maximum Gasteiger partial charge on any atom is 0.101 e. The van der Waals surface area contributed by atoms with Crippen LogP contribution in [0.3, 0.4) is 0 Å². The first-order valence-corrected chi connectivity index (χ1v) is 7.80. The van der Waals surface area contributed by atoms with Gasteiger partial charge in [-0.1, -0.05) is 12.8 Å². The monoisotopic (exact) mass is 261 g/mol. The summed E-state index contributed by atoms with van der Waals surface area (Å²) in [4.78, 5) is 2.62. The summed E-state index contributed by atoms with van der Waals surface area (Å²) in [7, 11) is 0. The molecule has 0 bridgehead atoms. The quantitative estimate of drug-likeness (QED) is 0.906. The summed E-state index contributed by atoms with van der Waals surface area (Å²) in [5.74, 6) is 0.475. The SMILES string of the molecule is O[C@H](c1cc2n(n1)CCN(C1CCCC1)C2)C1CC1. The number of aromatic nitrogens is 2. The van der Waals surface area contributed by atoms with Crippen molar-refractivity contribution in [3.8, 4) is 0 Å². The summed E-state index contributed by atoms with van der Waals surface area (Å²) in [5.41, 5.74) is 2.21. The lowest BCUT2D eigenvalue weighted by Gasteiger charge is -2.32. The van der Waals surface area contributed by atoms with Gasteiger partial charge in [0.15, 0.2) is 0 Å². The number of hydrogen-bond donors (Lipinski definition) is 1. The van der Waals surface area contributed by atoms with E-state index in [-0.39, 0.29) is 6.10 Å². The zero-order valence-electron chi connectivity index (χ0n) is 11.5. The number of rotatable bonds is 3. The highest BCUT2D eigenvalue weighted by Crippen LogP contribution is 2.40. The van der Waals surface area contributed by atoms with Crippen LogP contribution < -0.4 is 0 Å². The molecular weight excluding hydrogens is 238 g/mol. The van der Waals surface area contributed by atoms with E-state index < -0.39 is 0 Å². The van der Waals surface area contributed by atoms with Gasteiger partial charge in [-0.05, 0) is 37.7 Å². The van der Waals surface area contributed by atoms with Crippen molar-refractivity contribution in [2.75, 3.05) is 6.54 Å². The molecule has 0 aromatic carbocycles. The predicted octanol–water partition coefficient (Wildman–Crippen LogP) is 2.08. The van der Waals surface area contributed by atoms with E-state index in [2.05, 4.69) is 20.7 Å². The van der Waals surface area contributed by atoms with Crippen molar-refractivity contribution in [3.63, 3.8) is 0 Å². The number of aliphatic hydroxyl groups is 1. The summed E-state index contributed by atoms with van der Waals surface area (Å²) < 4.78 is 2.12. The maximum absolute atomic E-state index is 10.2. The number of fused-ring (bicyclic) bond motifs is 1. The Kier molecular flexibility index (Phi) is 2.88. The Balaban J connectivity index is 1.50. The Morgan fingerprint density at radius 2 is 1.95 bits per heavy atom. The van der Waals surface area contributed by atoms with Gasteiger partial charge >= 0.3 is 0 Å². The molecule has 1 aromatic rings. The number of hydrogen-bond acceptors (Lipinski definition) is 3. The topological polar surface area (TPSA) is 41.3 Å². The third kappa shape index (κ3) is 2.21. The van der Waals surface area contributed by atoms with Crippen LogP contribution in [-0.4, -0.2) is 32.4 Å². The third-order valence-electron chi connectivity index (χ3n) is 5.06. The van der Waals surface area contributed by atoms with Crippen LogP contribution in [0.1, 0.15) is 56.0 Å². The van der Waals surface area contributed by atoms with Crippen molar-refractivity contribution in [1.82, 2.24) is 14.7 Å². The Hall–Kier alpha value is -0.870. The molecule has 2 heterocycles. The molecule has 1 N–H and O–H groups in total. The van der Waals surface area contributed by atoms with Gasteiger partial charge in [0, 0.05) is 19.1 Å². The minimum Gasteiger partial charge on any atom is -0.386 e. The van der Waals surface area contributed by atoms with Crippen LogP contribution in [0.5, 0.6) is 0 Å². The fourth-order valence-electron chi connectivity index (χ4n) is 3.69. The summed E-state index contributed by atoms with van der Waals surface area (Å²) in [6.45, 7) is 3.14. The van der Waals surface area contributed by atoms with Crippen LogP contribution in [0.15, 0.2) is 6.07 Å². The molecule has 0 unspecified atom stereocenters. The first-order valence-electron chi connectivity index (χ1n) is 7.80. The van der Waals surface area contributed by atoms with Crippen LogP contribution in [0.25, 0.3) is 0 Å². The lowest BCUT2D eigenvalue weighted by atomic mass is 10.1. The first kappa shape index (κ1) is 11.9. The van der Waals surface area contributed by atoms with Crippen molar-refractivity contribution in [2.45, 2.75) is 63.8 Å². The Morgan fingerprint density at radius 3 is 2.68 bits per heavy atom. The predicted molar refractivity (Wildman–Crippen MR) is 72.6 cm³/mol. The van der Waals surface area contributed by atoms with Crippen molar-refractivity contribution < 1.29 is 5.11 Å². The maximum atomic E-state index is 10.2. The lowest BCUT2D eigenvalue weighted by molar-refractivity contribution is 0.143. The lowest BCUT2D eigenvalue weighted by Crippen LogP contribution is -2.39. The molecular formula is C15H23N3O. The fourth-order valence-corrected chi connectivity index (χ4v) is 3.69. The van der Waals surface area contributed by atoms with Gasteiger partial charge in [0.1, 0.15) is 6.10 Å². The second-order valence-electron chi connectivity index (χ2n) is 6.47. The highest BCUT2D eigenvalue weighted by molar-refractivity contribution is 5.16. The minimum atomic E-state index is -0.321. The van der Waals surface area contributed by atoms with Gasteiger partial charge < -0.3 is 5.11 Å². The van der Waals surface area contributed by atoms with Crippen molar-refractivity contribution in [2.24, 2.45) is 5.92 Å². The van der Waals surface area contributed by atoms with E-state index >= 15 is 0 Å². The van der Waals surface area contributed by atoms with Gasteiger partial charge in [0.25, 0.3) is 0 Å². The van der Waals surface area contributed by atoms with Crippen molar-refractivity contribution in [1.29, 1.82) is 0 Å². The molecule has 4 nitrogen and oxygen atoms in total. The minimum absolute atomic E-state index is 0.321. The Labute approximate surface area is 114 Å². The van der Waals surface area contributed by atoms with E-state index in [1.807, 2.05) is 0 Å². The Morgan fingerprint density at radius 1 is 1.16 bits per heavy atom. The Bertz CT molecular complexity index is 460. The molecule has 3 aliphatic rings. The van der Waals surface area contributed by atoms with Gasteiger partial charge in [-0.25, -0.2) is 0 Å².